The molecule has 1 aliphatic carbocycles. The summed E-state index contributed by atoms with van der Waals surface area (Å²) >= 11 is 0. The van der Waals surface area contributed by atoms with Crippen molar-refractivity contribution in [2.24, 2.45) is 18.9 Å². The molecule has 1 aliphatic rings. The molecule has 1 heterocycles. The predicted molar refractivity (Wildman–Crippen MR) is 73.3 cm³/mol. The van der Waals surface area contributed by atoms with E-state index in [1.54, 1.807) is 6.33 Å². The van der Waals surface area contributed by atoms with Gasteiger partial charge in [0.2, 0.25) is 0 Å². The van der Waals surface area contributed by atoms with Gasteiger partial charge in [0, 0.05) is 26.1 Å². The van der Waals surface area contributed by atoms with Crippen LogP contribution in [0.4, 0.5) is 0 Å². The van der Waals surface area contributed by atoms with Crippen LogP contribution in [0.5, 0.6) is 0 Å². The number of aryl methyl sites for hydroxylation is 1. The topological polar surface area (TPSA) is 42.7 Å². The summed E-state index contributed by atoms with van der Waals surface area (Å²) in [6.07, 6.45) is 8.21. The largest absolute Gasteiger partial charge is 0.321 e. The number of nitrogens with zero attached hydrogens (tertiary/aromatic N) is 3. The first-order chi connectivity index (χ1) is 8.66. The summed E-state index contributed by atoms with van der Waals surface area (Å²) in [4.78, 5) is 0. The van der Waals surface area contributed by atoms with Gasteiger partial charge in [-0.25, -0.2) is 0 Å². The monoisotopic (exact) mass is 250 g/mol. The first kappa shape index (κ1) is 13.5. The van der Waals surface area contributed by atoms with Crippen molar-refractivity contribution in [3.63, 3.8) is 0 Å². The Morgan fingerprint density at radius 3 is 2.94 bits per heavy atom. The minimum Gasteiger partial charge on any atom is -0.321 e. The van der Waals surface area contributed by atoms with E-state index in [0.717, 1.165) is 30.6 Å². The zero-order valence-electron chi connectivity index (χ0n) is 11.9. The highest BCUT2D eigenvalue weighted by atomic mass is 15.2. The smallest absolute Gasteiger partial charge is 0.133 e. The summed E-state index contributed by atoms with van der Waals surface area (Å²) in [6.45, 7) is 5.72. The van der Waals surface area contributed by atoms with Crippen LogP contribution in [0, 0.1) is 11.8 Å². The van der Waals surface area contributed by atoms with Crippen LogP contribution in [0.15, 0.2) is 6.33 Å². The Morgan fingerprint density at radius 2 is 2.28 bits per heavy atom. The zero-order chi connectivity index (χ0) is 13.0. The number of aromatic nitrogens is 3. The van der Waals surface area contributed by atoms with Crippen molar-refractivity contribution >= 4 is 0 Å². The average molecular weight is 250 g/mol. The van der Waals surface area contributed by atoms with Crippen LogP contribution >= 0.6 is 0 Å². The quantitative estimate of drug-likeness (QED) is 0.871. The third kappa shape index (κ3) is 3.55. The van der Waals surface area contributed by atoms with Gasteiger partial charge in [-0.3, -0.25) is 0 Å². The molecule has 102 valence electrons. The summed E-state index contributed by atoms with van der Waals surface area (Å²) in [7, 11) is 2.00. The van der Waals surface area contributed by atoms with Crippen molar-refractivity contribution in [2.45, 2.75) is 52.0 Å². The molecule has 1 fully saturated rings. The number of hydrogen-bond donors (Lipinski definition) is 1. The molecule has 2 unspecified atom stereocenters. The van der Waals surface area contributed by atoms with Gasteiger partial charge in [0.1, 0.15) is 12.2 Å². The normalized spacial score (nSPS) is 24.7. The summed E-state index contributed by atoms with van der Waals surface area (Å²) in [5.74, 6) is 2.80. The minimum absolute atomic E-state index is 0.708. The summed E-state index contributed by atoms with van der Waals surface area (Å²) in [5.41, 5.74) is 0. The van der Waals surface area contributed by atoms with E-state index >= 15 is 0 Å². The fourth-order valence-electron chi connectivity index (χ4n) is 2.94. The maximum absolute atomic E-state index is 4.11. The zero-order valence-corrected chi connectivity index (χ0v) is 11.9. The first-order valence-electron chi connectivity index (χ1n) is 7.23. The van der Waals surface area contributed by atoms with Crippen LogP contribution < -0.4 is 5.32 Å². The third-order valence-corrected chi connectivity index (χ3v) is 4.24. The second-order valence-electron chi connectivity index (χ2n) is 5.93. The fourth-order valence-corrected chi connectivity index (χ4v) is 2.94. The highest BCUT2D eigenvalue weighted by Crippen LogP contribution is 2.29. The lowest BCUT2D eigenvalue weighted by Gasteiger charge is -2.32. The van der Waals surface area contributed by atoms with Gasteiger partial charge in [-0.15, -0.1) is 10.2 Å². The first-order valence-corrected chi connectivity index (χ1v) is 7.23. The second kappa shape index (κ2) is 6.32. The molecule has 1 saturated carbocycles. The van der Waals surface area contributed by atoms with Crippen molar-refractivity contribution in [1.82, 2.24) is 20.1 Å². The van der Waals surface area contributed by atoms with Gasteiger partial charge < -0.3 is 9.88 Å². The Labute approximate surface area is 110 Å². The van der Waals surface area contributed by atoms with Crippen LogP contribution in [0.1, 0.15) is 45.4 Å². The van der Waals surface area contributed by atoms with Crippen LogP contribution in [0.2, 0.25) is 0 Å². The second-order valence-corrected chi connectivity index (χ2v) is 5.93. The van der Waals surface area contributed by atoms with E-state index in [-0.39, 0.29) is 0 Å². The van der Waals surface area contributed by atoms with Crippen LogP contribution in [-0.2, 0) is 13.5 Å². The average Bonchev–Trinajstić information content (AvgIpc) is 2.76. The lowest BCUT2D eigenvalue weighted by Crippen LogP contribution is -2.36. The fraction of sp³-hybridized carbons (Fsp3) is 0.857. The van der Waals surface area contributed by atoms with Crippen LogP contribution in [0.25, 0.3) is 0 Å². The molecule has 4 heteroatoms. The lowest BCUT2D eigenvalue weighted by molar-refractivity contribution is 0.232. The van der Waals surface area contributed by atoms with Crippen molar-refractivity contribution in [1.29, 1.82) is 0 Å². The molecule has 2 atom stereocenters. The molecule has 0 amide bonds. The van der Waals surface area contributed by atoms with Gasteiger partial charge >= 0.3 is 0 Å². The van der Waals surface area contributed by atoms with Crippen molar-refractivity contribution in [2.75, 3.05) is 6.54 Å². The molecular weight excluding hydrogens is 224 g/mol. The van der Waals surface area contributed by atoms with Crippen LogP contribution in [-0.4, -0.2) is 27.4 Å². The molecule has 0 aromatic carbocycles. The van der Waals surface area contributed by atoms with Gasteiger partial charge in [0.15, 0.2) is 0 Å². The maximum Gasteiger partial charge on any atom is 0.133 e. The molecular formula is C14H26N4. The number of nitrogens with one attached hydrogen (secondary N) is 1. The molecule has 1 aromatic rings. The van der Waals surface area contributed by atoms with E-state index in [9.17, 15) is 0 Å². The third-order valence-electron chi connectivity index (χ3n) is 4.24. The van der Waals surface area contributed by atoms with E-state index < -0.39 is 0 Å². The number of hydrogen-bond acceptors (Lipinski definition) is 3. The molecule has 0 saturated heterocycles. The van der Waals surface area contributed by atoms with Gasteiger partial charge in [-0.2, -0.15) is 0 Å². The molecule has 1 aromatic heterocycles. The summed E-state index contributed by atoms with van der Waals surface area (Å²) in [6, 6.07) is 0.708. The Balaban J connectivity index is 1.72. The SMILES string of the molecule is CC(C)C1CCCC(NCCc2nncn2C)C1. The van der Waals surface area contributed by atoms with Gasteiger partial charge in [-0.05, 0) is 24.7 Å². The molecule has 4 nitrogen and oxygen atoms in total. The maximum atomic E-state index is 4.11. The Morgan fingerprint density at radius 1 is 1.44 bits per heavy atom. The summed E-state index contributed by atoms with van der Waals surface area (Å²) < 4.78 is 2.00. The number of rotatable bonds is 5. The lowest BCUT2D eigenvalue weighted by atomic mass is 9.79. The minimum atomic E-state index is 0.708. The molecule has 0 spiro atoms. The van der Waals surface area contributed by atoms with Crippen molar-refractivity contribution < 1.29 is 0 Å². The molecule has 0 radical (unpaired) electrons. The molecule has 18 heavy (non-hydrogen) atoms. The highest BCUT2D eigenvalue weighted by molar-refractivity contribution is 4.86. The van der Waals surface area contributed by atoms with E-state index in [1.807, 2.05) is 11.6 Å². The Bertz CT molecular complexity index is 358. The van der Waals surface area contributed by atoms with E-state index in [2.05, 4.69) is 29.4 Å². The Kier molecular flexibility index (Phi) is 4.75. The van der Waals surface area contributed by atoms with Crippen LogP contribution in [0.3, 0.4) is 0 Å². The molecule has 2 rings (SSSR count). The molecule has 0 bridgehead atoms. The summed E-state index contributed by atoms with van der Waals surface area (Å²) in [5, 5.41) is 11.7. The van der Waals surface area contributed by atoms with Crippen molar-refractivity contribution in [3.8, 4) is 0 Å². The standard InChI is InChI=1S/C14H26N4/c1-11(2)12-5-4-6-13(9-12)15-8-7-14-17-16-10-18(14)3/h10-13,15H,4-9H2,1-3H3. The van der Waals surface area contributed by atoms with Gasteiger partial charge in [0.05, 0.1) is 0 Å². The Hall–Kier alpha value is -0.900. The van der Waals surface area contributed by atoms with Crippen molar-refractivity contribution in [3.05, 3.63) is 12.2 Å². The van der Waals surface area contributed by atoms with E-state index in [1.165, 1.54) is 25.7 Å². The van der Waals surface area contributed by atoms with E-state index in [0.29, 0.717) is 6.04 Å². The highest BCUT2D eigenvalue weighted by Gasteiger charge is 2.23. The molecule has 0 aliphatic heterocycles. The molecule has 1 N–H and O–H groups in total. The van der Waals surface area contributed by atoms with E-state index in [4.69, 9.17) is 0 Å². The van der Waals surface area contributed by atoms with Gasteiger partial charge in [-0.1, -0.05) is 26.7 Å². The van der Waals surface area contributed by atoms with Gasteiger partial charge in [0.25, 0.3) is 0 Å². The predicted octanol–water partition coefficient (Wildman–Crippen LogP) is 2.16.